The molecule has 0 saturated carbocycles. The largest absolute Gasteiger partial charge is 0.481 e. The molecule has 3 heterocycles. The first-order chi connectivity index (χ1) is 12.0. The summed E-state index contributed by atoms with van der Waals surface area (Å²) >= 11 is 0. The van der Waals surface area contributed by atoms with Gasteiger partial charge in [0.2, 0.25) is 0 Å². The minimum absolute atomic E-state index is 0.0280. The van der Waals surface area contributed by atoms with Crippen LogP contribution < -0.4 is 4.90 Å². The summed E-state index contributed by atoms with van der Waals surface area (Å²) in [6.07, 6.45) is 3.24. The summed E-state index contributed by atoms with van der Waals surface area (Å²) < 4.78 is 0. The van der Waals surface area contributed by atoms with Gasteiger partial charge in [0.25, 0.3) is 5.91 Å². The van der Waals surface area contributed by atoms with E-state index in [1.165, 1.54) is 4.90 Å². The van der Waals surface area contributed by atoms with Gasteiger partial charge in [-0.15, -0.1) is 0 Å². The van der Waals surface area contributed by atoms with Crippen LogP contribution in [0.25, 0.3) is 0 Å². The molecule has 0 bridgehead atoms. The zero-order valence-electron chi connectivity index (χ0n) is 14.1. The molecule has 9 nitrogen and oxygen atoms in total. The van der Waals surface area contributed by atoms with Crippen LogP contribution in [-0.4, -0.2) is 69.5 Å². The summed E-state index contributed by atoms with van der Waals surface area (Å²) in [5.74, 6) is -0.325. The van der Waals surface area contributed by atoms with E-state index in [9.17, 15) is 14.7 Å². The zero-order valence-corrected chi connectivity index (χ0v) is 14.1. The molecule has 1 saturated heterocycles. The van der Waals surface area contributed by atoms with Crippen molar-refractivity contribution in [1.29, 1.82) is 0 Å². The van der Waals surface area contributed by atoms with Gasteiger partial charge >= 0.3 is 5.97 Å². The van der Waals surface area contributed by atoms with Crippen LogP contribution in [0.2, 0.25) is 0 Å². The van der Waals surface area contributed by atoms with Gasteiger partial charge in [0.05, 0.1) is 23.9 Å². The number of aromatic amines is 1. The quantitative estimate of drug-likeness (QED) is 0.816. The van der Waals surface area contributed by atoms with Crippen molar-refractivity contribution in [3.63, 3.8) is 0 Å². The highest BCUT2D eigenvalue weighted by Crippen LogP contribution is 2.35. The molecule has 0 unspecified atom stereocenters. The number of hydrogen-bond acceptors (Lipinski definition) is 6. The Morgan fingerprint density at radius 2 is 2.12 bits per heavy atom. The molecule has 25 heavy (non-hydrogen) atoms. The Balaban J connectivity index is 1.79. The second kappa shape index (κ2) is 6.88. The summed E-state index contributed by atoms with van der Waals surface area (Å²) in [5, 5.41) is 19.7. The Bertz CT molecular complexity index is 744. The molecule has 1 amide bonds. The van der Waals surface area contributed by atoms with Gasteiger partial charge in [-0.25, -0.2) is 4.98 Å². The highest BCUT2D eigenvalue weighted by molar-refractivity contribution is 5.93. The molecule has 0 spiro atoms. The summed E-state index contributed by atoms with van der Waals surface area (Å²) in [5.41, 5.74) is 1.27. The third-order valence-electron chi connectivity index (χ3n) is 4.42. The Labute approximate surface area is 144 Å². The van der Waals surface area contributed by atoms with E-state index < -0.39 is 5.97 Å². The number of carbonyl (C=O) groups is 2. The van der Waals surface area contributed by atoms with Crippen LogP contribution in [0.1, 0.15) is 28.4 Å². The van der Waals surface area contributed by atoms with Gasteiger partial charge in [-0.1, -0.05) is 0 Å². The normalized spacial score (nSPS) is 19.8. The number of nitrogens with one attached hydrogen (secondary N) is 1. The molecular weight excluding hydrogens is 324 g/mol. The van der Waals surface area contributed by atoms with E-state index in [0.29, 0.717) is 18.7 Å². The molecule has 9 heteroatoms. The molecule has 1 fully saturated rings. The van der Waals surface area contributed by atoms with E-state index in [4.69, 9.17) is 0 Å². The summed E-state index contributed by atoms with van der Waals surface area (Å²) in [7, 11) is 3.38. The maximum absolute atomic E-state index is 11.9. The van der Waals surface area contributed by atoms with E-state index in [1.807, 2.05) is 4.90 Å². The smallest absolute Gasteiger partial charge is 0.303 e. The molecule has 0 radical (unpaired) electrons. The third kappa shape index (κ3) is 3.59. The van der Waals surface area contributed by atoms with Crippen LogP contribution in [0, 0.1) is 5.92 Å². The lowest BCUT2D eigenvalue weighted by Gasteiger charge is -2.18. The van der Waals surface area contributed by atoms with Crippen LogP contribution in [0.4, 0.5) is 5.82 Å². The van der Waals surface area contributed by atoms with Crippen LogP contribution in [0.15, 0.2) is 24.5 Å². The first kappa shape index (κ1) is 16.9. The molecule has 2 aromatic rings. The number of pyridine rings is 1. The third-order valence-corrected chi connectivity index (χ3v) is 4.42. The molecule has 0 aromatic carbocycles. The molecular formula is C16H20N6O3. The lowest BCUT2D eigenvalue weighted by Crippen LogP contribution is -2.23. The minimum Gasteiger partial charge on any atom is -0.481 e. The number of anilines is 1. The van der Waals surface area contributed by atoms with Crippen molar-refractivity contribution in [3.8, 4) is 0 Å². The van der Waals surface area contributed by atoms with Crippen molar-refractivity contribution >= 4 is 17.7 Å². The second-order valence-corrected chi connectivity index (χ2v) is 6.37. The molecule has 1 aliphatic rings. The number of aromatic nitrogens is 4. The van der Waals surface area contributed by atoms with Crippen LogP contribution in [0.3, 0.4) is 0 Å². The summed E-state index contributed by atoms with van der Waals surface area (Å²) in [6, 6.07) is 3.53. The first-order valence-electron chi connectivity index (χ1n) is 7.96. The van der Waals surface area contributed by atoms with Crippen molar-refractivity contribution in [2.45, 2.75) is 12.3 Å². The number of H-pyrrole nitrogens is 1. The van der Waals surface area contributed by atoms with E-state index in [1.54, 1.807) is 38.6 Å². The Kier molecular flexibility index (Phi) is 4.64. The number of carbonyl (C=O) groups excluding carboxylic acids is 1. The molecule has 132 valence electrons. The fourth-order valence-corrected chi connectivity index (χ4v) is 3.17. The maximum Gasteiger partial charge on any atom is 0.303 e. The maximum atomic E-state index is 11.9. The first-order valence-corrected chi connectivity index (χ1v) is 7.96. The molecule has 0 aliphatic carbocycles. The zero-order chi connectivity index (χ0) is 18.0. The van der Waals surface area contributed by atoms with Crippen molar-refractivity contribution in [1.82, 2.24) is 25.3 Å². The average Bonchev–Trinajstić information content (AvgIpc) is 3.23. The van der Waals surface area contributed by atoms with Gasteiger partial charge in [0.15, 0.2) is 0 Å². The van der Waals surface area contributed by atoms with Crippen molar-refractivity contribution < 1.29 is 14.7 Å². The molecule has 1 aliphatic heterocycles. The van der Waals surface area contributed by atoms with E-state index >= 15 is 0 Å². The van der Waals surface area contributed by atoms with Gasteiger partial charge < -0.3 is 14.9 Å². The number of carboxylic acid groups (broad SMARTS) is 1. The fraction of sp³-hybridized carbons (Fsp3) is 0.438. The Morgan fingerprint density at radius 3 is 2.68 bits per heavy atom. The lowest BCUT2D eigenvalue weighted by molar-refractivity contribution is -0.138. The molecule has 2 N–H and O–H groups in total. The minimum atomic E-state index is -0.833. The topological polar surface area (TPSA) is 115 Å². The number of carboxylic acids is 1. The molecule has 2 aromatic heterocycles. The lowest BCUT2D eigenvalue weighted by atomic mass is 9.91. The van der Waals surface area contributed by atoms with Crippen molar-refractivity contribution in [3.05, 3.63) is 35.8 Å². The van der Waals surface area contributed by atoms with Gasteiger partial charge in [0.1, 0.15) is 5.82 Å². The van der Waals surface area contributed by atoms with Crippen LogP contribution in [0.5, 0.6) is 0 Å². The van der Waals surface area contributed by atoms with E-state index in [2.05, 4.69) is 20.4 Å². The monoisotopic (exact) mass is 344 g/mol. The van der Waals surface area contributed by atoms with Gasteiger partial charge in [-0.05, 0) is 18.1 Å². The van der Waals surface area contributed by atoms with Crippen molar-refractivity contribution in [2.75, 3.05) is 32.1 Å². The Morgan fingerprint density at radius 1 is 1.32 bits per heavy atom. The predicted octanol–water partition coefficient (Wildman–Crippen LogP) is 0.596. The molecule has 2 atom stereocenters. The summed E-state index contributed by atoms with van der Waals surface area (Å²) in [6.45, 7) is 1.18. The van der Waals surface area contributed by atoms with E-state index in [-0.39, 0.29) is 24.2 Å². The van der Waals surface area contributed by atoms with Gasteiger partial charge in [0, 0.05) is 39.3 Å². The highest BCUT2D eigenvalue weighted by Gasteiger charge is 2.37. The molecule has 3 rings (SSSR count). The number of aliphatic carboxylic acids is 1. The average molecular weight is 344 g/mol. The van der Waals surface area contributed by atoms with Crippen LogP contribution in [-0.2, 0) is 4.79 Å². The van der Waals surface area contributed by atoms with Crippen LogP contribution >= 0.6 is 0 Å². The predicted molar refractivity (Wildman–Crippen MR) is 89.3 cm³/mol. The van der Waals surface area contributed by atoms with E-state index in [0.717, 1.165) is 11.5 Å². The number of nitrogens with zero attached hydrogens (tertiary/aromatic N) is 5. The number of amides is 1. The Hall–Kier alpha value is -2.97. The fourth-order valence-electron chi connectivity index (χ4n) is 3.17. The SMILES string of the molecule is CN(C)C(=O)c1ccc(N2C[C@H](CC(=O)O)[C@H](c3cn[nH]n3)C2)nc1. The number of rotatable bonds is 5. The number of hydrogen-bond donors (Lipinski definition) is 2. The van der Waals surface area contributed by atoms with Crippen molar-refractivity contribution in [2.24, 2.45) is 5.92 Å². The highest BCUT2D eigenvalue weighted by atomic mass is 16.4. The summed E-state index contributed by atoms with van der Waals surface area (Å²) in [4.78, 5) is 31.0. The van der Waals surface area contributed by atoms with Gasteiger partial charge in [-0.2, -0.15) is 15.4 Å². The van der Waals surface area contributed by atoms with Gasteiger partial charge in [-0.3, -0.25) is 9.59 Å². The second-order valence-electron chi connectivity index (χ2n) is 6.37. The standard InChI is InChI=1S/C16H20N6O3/c1-21(2)16(25)10-3-4-14(17-6-10)22-8-11(5-15(23)24)12(9-22)13-7-18-20-19-13/h3-4,6-7,11-12H,5,8-9H2,1-2H3,(H,23,24)(H,18,19,20)/t11-,12+/m0/s1.